The first-order valence-electron chi connectivity index (χ1n) is 5.95. The molecule has 3 aromatic rings. The Kier molecular flexibility index (Phi) is 3.73. The number of halogens is 1. The van der Waals surface area contributed by atoms with E-state index in [9.17, 15) is 0 Å². The Labute approximate surface area is 128 Å². The first-order chi connectivity index (χ1) is 10.2. The molecular formula is C12H10BrN7O. The van der Waals surface area contributed by atoms with Gasteiger partial charge in [0.25, 0.3) is 5.95 Å². The molecule has 0 spiro atoms. The summed E-state index contributed by atoms with van der Waals surface area (Å²) in [5.41, 5.74) is 6.62. The van der Waals surface area contributed by atoms with Crippen molar-refractivity contribution >= 4 is 21.9 Å². The maximum atomic E-state index is 5.65. The number of nitrogen functional groups attached to an aromatic ring is 1. The Bertz CT molecular complexity index is 747. The summed E-state index contributed by atoms with van der Waals surface area (Å²) in [5.74, 6) is 0.305. The number of hydrogen-bond donors (Lipinski definition) is 1. The van der Waals surface area contributed by atoms with Crippen molar-refractivity contribution in [3.05, 3.63) is 47.0 Å². The summed E-state index contributed by atoms with van der Waals surface area (Å²) in [6.07, 6.45) is 2.84. The number of nitrogens with two attached hydrogens (primary N) is 1. The minimum absolute atomic E-state index is 0.0534. The zero-order chi connectivity index (χ0) is 14.7. The standard InChI is InChI=1S/C12H10BrN7O/c13-9-4-2-1-3-8(9)5-21-12-18-10(14)17-11(19-12)20-7-15-6-16-20/h1-4,6-7H,5H2,(H2,14,17,18,19). The Morgan fingerprint density at radius 2 is 2.05 bits per heavy atom. The van der Waals surface area contributed by atoms with Crippen LogP contribution in [0, 0.1) is 0 Å². The Hall–Kier alpha value is -2.55. The molecule has 1 aromatic carbocycles. The molecule has 2 aromatic heterocycles. The monoisotopic (exact) mass is 347 g/mol. The predicted molar refractivity (Wildman–Crippen MR) is 77.6 cm³/mol. The fraction of sp³-hybridized carbons (Fsp3) is 0.0833. The normalized spacial score (nSPS) is 10.5. The van der Waals surface area contributed by atoms with Crippen molar-refractivity contribution in [1.29, 1.82) is 0 Å². The van der Waals surface area contributed by atoms with E-state index in [1.54, 1.807) is 0 Å². The van der Waals surface area contributed by atoms with Crippen LogP contribution in [-0.4, -0.2) is 29.7 Å². The third kappa shape index (κ3) is 3.14. The summed E-state index contributed by atoms with van der Waals surface area (Å²) < 4.78 is 7.88. The van der Waals surface area contributed by atoms with Crippen LogP contribution in [0.25, 0.3) is 5.95 Å². The van der Waals surface area contributed by atoms with Crippen molar-refractivity contribution in [2.75, 3.05) is 5.73 Å². The quantitative estimate of drug-likeness (QED) is 0.759. The van der Waals surface area contributed by atoms with Gasteiger partial charge in [-0.25, -0.2) is 4.98 Å². The molecule has 3 rings (SSSR count). The summed E-state index contributed by atoms with van der Waals surface area (Å²) >= 11 is 3.45. The lowest BCUT2D eigenvalue weighted by Crippen LogP contribution is -2.09. The van der Waals surface area contributed by atoms with E-state index in [4.69, 9.17) is 10.5 Å². The van der Waals surface area contributed by atoms with Crippen LogP contribution in [0.4, 0.5) is 5.95 Å². The van der Waals surface area contributed by atoms with E-state index in [1.165, 1.54) is 17.3 Å². The molecule has 0 atom stereocenters. The van der Waals surface area contributed by atoms with Gasteiger partial charge in [-0.15, -0.1) is 0 Å². The van der Waals surface area contributed by atoms with Crippen molar-refractivity contribution in [3.63, 3.8) is 0 Å². The number of benzene rings is 1. The molecule has 0 fully saturated rings. The molecule has 0 bridgehead atoms. The van der Waals surface area contributed by atoms with Crippen molar-refractivity contribution < 1.29 is 4.74 Å². The van der Waals surface area contributed by atoms with E-state index < -0.39 is 0 Å². The van der Waals surface area contributed by atoms with Crippen LogP contribution in [0.1, 0.15) is 5.56 Å². The van der Waals surface area contributed by atoms with E-state index >= 15 is 0 Å². The van der Waals surface area contributed by atoms with E-state index in [0.29, 0.717) is 6.61 Å². The van der Waals surface area contributed by atoms with Crippen molar-refractivity contribution in [2.45, 2.75) is 6.61 Å². The highest BCUT2D eigenvalue weighted by molar-refractivity contribution is 9.10. The minimum Gasteiger partial charge on any atom is -0.458 e. The largest absolute Gasteiger partial charge is 0.458 e. The summed E-state index contributed by atoms with van der Waals surface area (Å²) in [6.45, 7) is 0.307. The van der Waals surface area contributed by atoms with Crippen molar-refractivity contribution in [3.8, 4) is 12.0 Å². The fourth-order valence-electron chi connectivity index (χ4n) is 1.60. The highest BCUT2D eigenvalue weighted by atomic mass is 79.9. The van der Waals surface area contributed by atoms with Crippen LogP contribution >= 0.6 is 15.9 Å². The molecule has 0 saturated carbocycles. The maximum Gasteiger partial charge on any atom is 0.323 e. The summed E-state index contributed by atoms with van der Waals surface area (Å²) in [7, 11) is 0. The lowest BCUT2D eigenvalue weighted by atomic mass is 10.2. The molecule has 0 aliphatic carbocycles. The Morgan fingerprint density at radius 3 is 2.81 bits per heavy atom. The molecule has 0 amide bonds. The SMILES string of the molecule is Nc1nc(OCc2ccccc2Br)nc(-n2cncn2)n1. The lowest BCUT2D eigenvalue weighted by Gasteiger charge is -2.07. The molecule has 0 aliphatic rings. The lowest BCUT2D eigenvalue weighted by molar-refractivity contribution is 0.279. The molecule has 0 aliphatic heterocycles. The average Bonchev–Trinajstić information content (AvgIpc) is 3.00. The molecule has 0 unspecified atom stereocenters. The van der Waals surface area contributed by atoms with Gasteiger partial charge in [0.05, 0.1) is 0 Å². The second kappa shape index (κ2) is 5.83. The molecule has 0 radical (unpaired) electrons. The summed E-state index contributed by atoms with van der Waals surface area (Å²) in [5, 5.41) is 3.94. The van der Waals surface area contributed by atoms with Crippen LogP contribution in [-0.2, 0) is 6.61 Å². The Morgan fingerprint density at radius 1 is 1.19 bits per heavy atom. The number of rotatable bonds is 4. The van der Waals surface area contributed by atoms with Crippen LogP contribution in [0.15, 0.2) is 41.4 Å². The number of hydrogen-bond acceptors (Lipinski definition) is 7. The second-order valence-electron chi connectivity index (χ2n) is 4.00. The molecule has 21 heavy (non-hydrogen) atoms. The van der Waals surface area contributed by atoms with Crippen molar-refractivity contribution in [1.82, 2.24) is 29.7 Å². The van der Waals surface area contributed by atoms with Crippen molar-refractivity contribution in [2.24, 2.45) is 0 Å². The van der Waals surface area contributed by atoms with Gasteiger partial charge in [0.1, 0.15) is 19.3 Å². The van der Waals surface area contributed by atoms with Gasteiger partial charge in [-0.3, -0.25) is 0 Å². The highest BCUT2D eigenvalue weighted by Gasteiger charge is 2.09. The first-order valence-corrected chi connectivity index (χ1v) is 6.74. The van der Waals surface area contributed by atoms with Crippen LogP contribution in [0.3, 0.4) is 0 Å². The third-order valence-corrected chi connectivity index (χ3v) is 3.33. The predicted octanol–water partition coefficient (Wildman–Crippen LogP) is 1.38. The van der Waals surface area contributed by atoms with E-state index in [-0.39, 0.29) is 17.9 Å². The van der Waals surface area contributed by atoms with Gasteiger partial charge in [0, 0.05) is 10.0 Å². The molecule has 0 saturated heterocycles. The smallest absolute Gasteiger partial charge is 0.323 e. The van der Waals surface area contributed by atoms with Gasteiger partial charge in [-0.1, -0.05) is 34.1 Å². The van der Waals surface area contributed by atoms with Crippen LogP contribution in [0.2, 0.25) is 0 Å². The molecule has 8 nitrogen and oxygen atoms in total. The van der Waals surface area contributed by atoms with Gasteiger partial charge >= 0.3 is 6.01 Å². The minimum atomic E-state index is 0.0534. The fourth-order valence-corrected chi connectivity index (χ4v) is 2.00. The maximum absolute atomic E-state index is 5.65. The van der Waals surface area contributed by atoms with Gasteiger partial charge in [-0.05, 0) is 6.07 Å². The summed E-state index contributed by atoms with van der Waals surface area (Å²) in [6, 6.07) is 7.85. The van der Waals surface area contributed by atoms with Crippen LogP contribution < -0.4 is 10.5 Å². The number of aromatic nitrogens is 6. The van der Waals surface area contributed by atoms with E-state index in [1.807, 2.05) is 24.3 Å². The number of anilines is 1. The molecule has 2 N–H and O–H groups in total. The van der Waals surface area contributed by atoms with Gasteiger partial charge in [-0.2, -0.15) is 24.7 Å². The molecule has 9 heteroatoms. The zero-order valence-corrected chi connectivity index (χ0v) is 12.3. The van der Waals surface area contributed by atoms with Gasteiger partial charge in [0.2, 0.25) is 5.95 Å². The highest BCUT2D eigenvalue weighted by Crippen LogP contribution is 2.17. The average molecular weight is 348 g/mol. The van der Waals surface area contributed by atoms with Gasteiger partial charge < -0.3 is 10.5 Å². The number of ether oxygens (including phenoxy) is 1. The molecule has 2 heterocycles. The molecular weight excluding hydrogens is 338 g/mol. The summed E-state index contributed by atoms with van der Waals surface area (Å²) in [4.78, 5) is 15.9. The van der Waals surface area contributed by atoms with E-state index in [0.717, 1.165) is 10.0 Å². The number of nitrogens with zero attached hydrogens (tertiary/aromatic N) is 6. The topological polar surface area (TPSA) is 105 Å². The molecule has 106 valence electrons. The van der Waals surface area contributed by atoms with E-state index in [2.05, 4.69) is 41.0 Å². The first kappa shape index (κ1) is 13.4. The zero-order valence-electron chi connectivity index (χ0n) is 10.7. The van der Waals surface area contributed by atoms with Crippen LogP contribution in [0.5, 0.6) is 6.01 Å². The third-order valence-electron chi connectivity index (χ3n) is 2.56. The second-order valence-corrected chi connectivity index (χ2v) is 4.85. The Balaban J connectivity index is 1.81. The van der Waals surface area contributed by atoms with Gasteiger partial charge in [0.15, 0.2) is 0 Å².